The van der Waals surface area contributed by atoms with Crippen LogP contribution < -0.4 is 9.80 Å². The summed E-state index contributed by atoms with van der Waals surface area (Å²) < 4.78 is 2.64. The molecule has 2 aromatic carbocycles. The Kier molecular flexibility index (Phi) is 22.3. The predicted molar refractivity (Wildman–Crippen MR) is 332 cm³/mol. The van der Waals surface area contributed by atoms with E-state index >= 15 is 0 Å². The molecule has 0 fully saturated rings. The van der Waals surface area contributed by atoms with Gasteiger partial charge >= 0.3 is 0 Å². The van der Waals surface area contributed by atoms with Crippen LogP contribution in [0.25, 0.3) is 11.1 Å². The third kappa shape index (κ3) is 13.7. The summed E-state index contributed by atoms with van der Waals surface area (Å²) in [5.74, 6) is 12.8. The third-order valence-corrected chi connectivity index (χ3v) is 19.9. The van der Waals surface area contributed by atoms with Gasteiger partial charge in [0.2, 0.25) is 0 Å². The van der Waals surface area contributed by atoms with Crippen LogP contribution in [0.2, 0.25) is 0 Å². The Hall–Kier alpha value is -7.24. The van der Waals surface area contributed by atoms with Gasteiger partial charge in [0.1, 0.15) is 70.8 Å². The number of allylic oxidation sites excluding steroid dienone is 12. The molecule has 0 saturated carbocycles. The summed E-state index contributed by atoms with van der Waals surface area (Å²) >= 11 is 10.9. The van der Waals surface area contributed by atoms with Crippen molar-refractivity contribution in [3.05, 3.63) is 176 Å². The quantitative estimate of drug-likeness (QED) is 0.0982. The number of nitrogens with zero attached hydrogens (tertiary/aromatic N) is 10. The Balaban J connectivity index is 1.64. The molecular weight excluding hydrogens is 1120 g/mol. The van der Waals surface area contributed by atoms with Crippen LogP contribution in [0.15, 0.2) is 164 Å². The second kappa shape index (κ2) is 28.9. The van der Waals surface area contributed by atoms with Crippen molar-refractivity contribution in [1.82, 2.24) is 0 Å². The maximum Gasteiger partial charge on any atom is 0.138 e. The molecule has 0 bridgehead atoms. The van der Waals surface area contributed by atoms with E-state index < -0.39 is 0 Å². The molecule has 2 aromatic rings. The van der Waals surface area contributed by atoms with Crippen LogP contribution >= 0.6 is 94.1 Å². The first-order valence-electron chi connectivity index (χ1n) is 23.6. The van der Waals surface area contributed by atoms with Crippen molar-refractivity contribution in [3.63, 3.8) is 0 Å². The first-order chi connectivity index (χ1) is 37.7. The van der Waals surface area contributed by atoms with Gasteiger partial charge in [0.05, 0.1) is 28.1 Å². The van der Waals surface area contributed by atoms with E-state index in [-0.39, 0.29) is 68.8 Å². The first kappa shape index (κ1) is 60.0. The van der Waals surface area contributed by atoms with Gasteiger partial charge in [-0.2, -0.15) is 42.1 Å². The van der Waals surface area contributed by atoms with Gasteiger partial charge in [-0.25, -0.2) is 0 Å². The zero-order valence-corrected chi connectivity index (χ0v) is 49.8. The number of nitriles is 8. The minimum Gasteiger partial charge on any atom is -0.367 e. The van der Waals surface area contributed by atoms with Crippen LogP contribution in [-0.2, 0) is 0 Å². The molecule has 0 aromatic heterocycles. The molecule has 10 nitrogen and oxygen atoms in total. The number of hydrogen-bond acceptors (Lipinski definition) is 18. The summed E-state index contributed by atoms with van der Waals surface area (Å²) in [7, 11) is 0. The average Bonchev–Trinajstić information content (AvgIpc) is 4.34. The van der Waals surface area contributed by atoms with Crippen molar-refractivity contribution in [2.24, 2.45) is 0 Å². The number of thioether (sulfide) groups is 8. The zero-order chi connectivity index (χ0) is 56.5. The molecule has 18 heteroatoms. The summed E-state index contributed by atoms with van der Waals surface area (Å²) in [6.45, 7) is 16.7. The van der Waals surface area contributed by atoms with Gasteiger partial charge in [-0.05, 0) is 146 Å². The van der Waals surface area contributed by atoms with Crippen molar-refractivity contribution in [1.29, 1.82) is 42.1 Å². The monoisotopic (exact) mass is 1160 g/mol. The Morgan fingerprint density at radius 1 is 0.346 bits per heavy atom. The average molecular weight is 1160 g/mol. The molecule has 0 spiro atoms. The highest BCUT2D eigenvalue weighted by Gasteiger charge is 2.33. The molecule has 0 unspecified atom stereocenters. The van der Waals surface area contributed by atoms with E-state index in [1.807, 2.05) is 67.5 Å². The number of benzene rings is 2. The second-order valence-corrected chi connectivity index (χ2v) is 25.7. The molecule has 0 atom stereocenters. The fourth-order valence-electron chi connectivity index (χ4n) is 8.69. The van der Waals surface area contributed by atoms with Crippen molar-refractivity contribution in [3.8, 4) is 72.2 Å². The lowest BCUT2D eigenvalue weighted by molar-refractivity contribution is 0.608. The summed E-state index contributed by atoms with van der Waals surface area (Å²) in [5.41, 5.74) is 3.15. The van der Waals surface area contributed by atoms with Crippen molar-refractivity contribution >= 4 is 117 Å². The fourth-order valence-corrected chi connectivity index (χ4v) is 16.0. The van der Waals surface area contributed by atoms with E-state index in [4.69, 9.17) is 0 Å². The molecule has 78 heavy (non-hydrogen) atoms. The second-order valence-electron chi connectivity index (χ2n) is 17.4. The maximum absolute atomic E-state index is 10.8. The van der Waals surface area contributed by atoms with Gasteiger partial charge in [-0.3, -0.25) is 0 Å². The summed E-state index contributed by atoms with van der Waals surface area (Å²) in [5, 5.41) is 101. The van der Waals surface area contributed by atoms with E-state index in [1.165, 1.54) is 94.1 Å². The minimum absolute atomic E-state index is 0.0593. The molecule has 6 rings (SSSR count). The Labute approximate surface area is 491 Å². The summed E-state index contributed by atoms with van der Waals surface area (Å²) in [6.07, 6.45) is 0. The first-order valence-corrected chi connectivity index (χ1v) is 30.7. The van der Waals surface area contributed by atoms with Crippen molar-refractivity contribution in [2.75, 3.05) is 9.80 Å². The Morgan fingerprint density at radius 3 is 0.821 bits per heavy atom. The normalized spacial score (nSPS) is 13.3. The Bertz CT molecular complexity index is 3320. The standard InChI is InChI=1S/C60H44N10S8/c1-37(2)69(38(3)4)47-17-13-41(14-18-47)51(43(29-61)30-62)53(45(33-65)34-66)55(59-75-25-26-76-59)49(57-71-21-22-72-57)11-9-10-12-50(58-73-23-24-74-58)56(60-77-27-28-78-60)54(46(35-67)36-68)52(44(31-63)32-64)42-15-19-48(20-16-42)70(39(5)6)40(7)8/h13-28,37-40H,1-8H3. The lowest BCUT2D eigenvalue weighted by Gasteiger charge is -2.33. The summed E-state index contributed by atoms with van der Waals surface area (Å²) in [6, 6.07) is 31.9. The molecule has 0 N–H and O–H groups in total. The SMILES string of the molecule is CC(C)N(c1ccc(C(=C(C#N)C#N)C(=C(C#N)C#N)C(=C2SC=CS2)C(C#CC#CC(=C2SC=CS2)C(=C2SC=CS2)C(=C(C#N)C#N)C(=C(C#N)C#N)c2ccc(N(C(C)C)C(C)C)cc2)=C2SC=CS2)cc1)C(C)C. The molecule has 0 amide bonds. The van der Waals surface area contributed by atoms with Crippen LogP contribution in [-0.4, -0.2) is 24.2 Å². The number of rotatable bonds is 14. The van der Waals surface area contributed by atoms with Crippen LogP contribution in [0.1, 0.15) is 66.5 Å². The maximum atomic E-state index is 10.8. The molecule has 0 radical (unpaired) electrons. The van der Waals surface area contributed by atoms with Crippen molar-refractivity contribution < 1.29 is 0 Å². The van der Waals surface area contributed by atoms with E-state index in [0.717, 1.165) is 11.4 Å². The topological polar surface area (TPSA) is 197 Å². The number of hydrogen-bond donors (Lipinski definition) is 0. The molecule has 0 saturated heterocycles. The van der Waals surface area contributed by atoms with Crippen LogP contribution in [0.4, 0.5) is 11.4 Å². The van der Waals surface area contributed by atoms with Crippen molar-refractivity contribution in [2.45, 2.75) is 79.6 Å². The van der Waals surface area contributed by atoms with E-state index in [9.17, 15) is 42.1 Å². The van der Waals surface area contributed by atoms with Gasteiger partial charge < -0.3 is 9.80 Å². The van der Waals surface area contributed by atoms with Crippen LogP contribution in [0, 0.1) is 114 Å². The van der Waals surface area contributed by atoms with Crippen LogP contribution in [0.3, 0.4) is 0 Å². The lowest BCUT2D eigenvalue weighted by atomic mass is 9.84. The number of anilines is 2. The largest absolute Gasteiger partial charge is 0.367 e. The highest BCUT2D eigenvalue weighted by Crippen LogP contribution is 2.54. The third-order valence-electron chi connectivity index (χ3n) is 11.4. The zero-order valence-electron chi connectivity index (χ0n) is 43.3. The molecular formula is C60H44N10S8. The lowest BCUT2D eigenvalue weighted by Crippen LogP contribution is -2.36. The predicted octanol–water partition coefficient (Wildman–Crippen LogP) is 16.6. The fraction of sp³-hybridized carbons (Fsp3) is 0.200. The highest BCUT2D eigenvalue weighted by molar-refractivity contribution is 8.29. The molecule has 4 aliphatic heterocycles. The van der Waals surface area contributed by atoms with Gasteiger partial charge in [-0.15, -0.1) is 0 Å². The van der Waals surface area contributed by atoms with Gasteiger partial charge in [-0.1, -0.05) is 130 Å². The molecule has 4 aliphatic rings. The smallest absolute Gasteiger partial charge is 0.138 e. The van der Waals surface area contributed by atoms with E-state index in [2.05, 4.69) is 137 Å². The van der Waals surface area contributed by atoms with E-state index in [0.29, 0.717) is 50.4 Å². The minimum atomic E-state index is -0.341. The summed E-state index contributed by atoms with van der Waals surface area (Å²) in [4.78, 5) is 4.46. The van der Waals surface area contributed by atoms with Gasteiger partial charge in [0.25, 0.3) is 0 Å². The molecule has 4 heterocycles. The molecule has 382 valence electrons. The molecule has 0 aliphatic carbocycles. The highest BCUT2D eigenvalue weighted by atomic mass is 32.2. The Morgan fingerprint density at radius 2 is 0.590 bits per heavy atom. The van der Waals surface area contributed by atoms with Gasteiger partial charge in [0.15, 0.2) is 0 Å². The van der Waals surface area contributed by atoms with Gasteiger partial charge in [0, 0.05) is 69.0 Å². The van der Waals surface area contributed by atoms with E-state index in [1.54, 1.807) is 24.3 Å². The van der Waals surface area contributed by atoms with Crippen LogP contribution in [0.5, 0.6) is 0 Å².